The molecule has 2 N–H and O–H groups in total. The molecule has 0 heterocycles. The van der Waals surface area contributed by atoms with E-state index in [9.17, 15) is 15.0 Å². The second-order valence-corrected chi connectivity index (χ2v) is 4.41. The van der Waals surface area contributed by atoms with Gasteiger partial charge in [-0.05, 0) is 47.9 Å². The first-order valence-corrected chi connectivity index (χ1v) is 6.41. The zero-order valence-electron chi connectivity index (χ0n) is 11.2. The largest absolute Gasteiger partial charge is 0.508 e. The quantitative estimate of drug-likeness (QED) is 0.873. The number of aromatic carboxylic acids is 1. The molecule has 0 amide bonds. The number of carboxylic acid groups (broad SMARTS) is 1. The monoisotopic (exact) mass is 272 g/mol. The molecule has 104 valence electrons. The summed E-state index contributed by atoms with van der Waals surface area (Å²) in [5.41, 5.74) is 1.37. The molecule has 0 saturated carbocycles. The van der Waals surface area contributed by atoms with Crippen LogP contribution in [0.4, 0.5) is 0 Å². The Bertz CT molecular complexity index is 602. The number of rotatable bonds is 5. The number of aromatic hydroxyl groups is 1. The van der Waals surface area contributed by atoms with E-state index >= 15 is 0 Å². The molecule has 0 fully saturated rings. The molecule has 0 aliphatic carbocycles. The van der Waals surface area contributed by atoms with Crippen molar-refractivity contribution in [3.63, 3.8) is 0 Å². The fourth-order valence-electron chi connectivity index (χ4n) is 1.91. The molecule has 20 heavy (non-hydrogen) atoms. The zero-order chi connectivity index (χ0) is 14.5. The minimum atomic E-state index is -1.02. The van der Waals surface area contributed by atoms with Crippen LogP contribution < -0.4 is 4.74 Å². The summed E-state index contributed by atoms with van der Waals surface area (Å²) < 4.78 is 5.48. The van der Waals surface area contributed by atoms with Gasteiger partial charge >= 0.3 is 5.97 Å². The van der Waals surface area contributed by atoms with Gasteiger partial charge in [-0.25, -0.2) is 4.79 Å². The molecule has 4 heteroatoms. The Morgan fingerprint density at radius 2 is 1.85 bits per heavy atom. The highest BCUT2D eigenvalue weighted by Crippen LogP contribution is 2.29. The van der Waals surface area contributed by atoms with E-state index in [4.69, 9.17) is 4.74 Å². The van der Waals surface area contributed by atoms with E-state index < -0.39 is 5.97 Å². The average molecular weight is 272 g/mol. The number of carboxylic acids is 1. The van der Waals surface area contributed by atoms with Crippen molar-refractivity contribution in [3.05, 3.63) is 48.0 Å². The molecule has 0 bridgehead atoms. The Hall–Kier alpha value is -2.49. The van der Waals surface area contributed by atoms with Crippen LogP contribution >= 0.6 is 0 Å². The Balaban J connectivity index is 2.36. The maximum Gasteiger partial charge on any atom is 0.336 e. The molecule has 4 nitrogen and oxygen atoms in total. The maximum absolute atomic E-state index is 11.2. The van der Waals surface area contributed by atoms with Crippen LogP contribution in [0.5, 0.6) is 11.5 Å². The van der Waals surface area contributed by atoms with Gasteiger partial charge in [-0.1, -0.05) is 19.1 Å². The third kappa shape index (κ3) is 3.09. The van der Waals surface area contributed by atoms with Crippen molar-refractivity contribution < 1.29 is 19.7 Å². The van der Waals surface area contributed by atoms with Gasteiger partial charge in [-0.3, -0.25) is 0 Å². The van der Waals surface area contributed by atoms with Gasteiger partial charge in [0.1, 0.15) is 11.5 Å². The van der Waals surface area contributed by atoms with Crippen LogP contribution in [0.15, 0.2) is 42.5 Å². The number of carbonyl (C=O) groups is 1. The van der Waals surface area contributed by atoms with Gasteiger partial charge in [0.25, 0.3) is 0 Å². The number of benzene rings is 2. The van der Waals surface area contributed by atoms with E-state index in [-0.39, 0.29) is 11.3 Å². The smallest absolute Gasteiger partial charge is 0.336 e. The second kappa shape index (κ2) is 6.10. The van der Waals surface area contributed by atoms with Crippen LogP contribution in [0, 0.1) is 0 Å². The number of phenols is 1. The van der Waals surface area contributed by atoms with E-state index in [1.165, 1.54) is 18.2 Å². The third-order valence-electron chi connectivity index (χ3n) is 2.87. The molecule has 0 radical (unpaired) electrons. The van der Waals surface area contributed by atoms with Gasteiger partial charge in [-0.15, -0.1) is 0 Å². The lowest BCUT2D eigenvalue weighted by Gasteiger charge is -2.09. The average Bonchev–Trinajstić information content (AvgIpc) is 2.45. The predicted molar refractivity (Wildman–Crippen MR) is 76.3 cm³/mol. The van der Waals surface area contributed by atoms with Crippen LogP contribution in [0.3, 0.4) is 0 Å². The molecule has 0 spiro atoms. The number of phenolic OH excluding ortho intramolecular Hbond substituents is 1. The predicted octanol–water partition coefficient (Wildman–Crippen LogP) is 3.55. The second-order valence-electron chi connectivity index (χ2n) is 4.41. The summed E-state index contributed by atoms with van der Waals surface area (Å²) in [6.45, 7) is 2.67. The highest BCUT2D eigenvalue weighted by molar-refractivity contribution is 5.96. The molecule has 0 aliphatic heterocycles. The normalized spacial score (nSPS) is 10.2. The highest BCUT2D eigenvalue weighted by Gasteiger charge is 2.12. The van der Waals surface area contributed by atoms with E-state index in [0.717, 1.165) is 17.7 Å². The first-order chi connectivity index (χ1) is 9.61. The van der Waals surface area contributed by atoms with Crippen molar-refractivity contribution in [1.29, 1.82) is 0 Å². The van der Waals surface area contributed by atoms with Crippen molar-refractivity contribution in [2.75, 3.05) is 6.61 Å². The van der Waals surface area contributed by atoms with E-state index in [1.807, 2.05) is 6.92 Å². The number of hydrogen-bond acceptors (Lipinski definition) is 3. The summed E-state index contributed by atoms with van der Waals surface area (Å²) in [7, 11) is 0. The molecule has 0 saturated heterocycles. The van der Waals surface area contributed by atoms with Crippen LogP contribution in [-0.2, 0) is 0 Å². The Morgan fingerprint density at radius 1 is 1.15 bits per heavy atom. The lowest BCUT2D eigenvalue weighted by atomic mass is 9.99. The lowest BCUT2D eigenvalue weighted by molar-refractivity contribution is 0.0697. The van der Waals surface area contributed by atoms with Crippen LogP contribution in [0.25, 0.3) is 11.1 Å². The molecule has 0 unspecified atom stereocenters. The summed E-state index contributed by atoms with van der Waals surface area (Å²) in [5.74, 6) is -0.241. The first kappa shape index (κ1) is 13.9. The Kier molecular flexibility index (Phi) is 4.25. The van der Waals surface area contributed by atoms with Gasteiger partial charge in [0.15, 0.2) is 0 Å². The molecule has 2 rings (SSSR count). The molecule has 0 aromatic heterocycles. The summed E-state index contributed by atoms with van der Waals surface area (Å²) in [5, 5.41) is 18.7. The summed E-state index contributed by atoms with van der Waals surface area (Å²) >= 11 is 0. The number of hydrogen-bond donors (Lipinski definition) is 2. The summed E-state index contributed by atoms with van der Waals surface area (Å²) in [4.78, 5) is 11.2. The lowest BCUT2D eigenvalue weighted by Crippen LogP contribution is -1.99. The topological polar surface area (TPSA) is 66.8 Å². The van der Waals surface area contributed by atoms with E-state index in [2.05, 4.69) is 0 Å². The molecular formula is C16H16O4. The third-order valence-corrected chi connectivity index (χ3v) is 2.87. The molecule has 0 atom stereocenters. The Labute approximate surface area is 117 Å². The number of ether oxygens (including phenoxy) is 1. The SMILES string of the molecule is CCCOc1ccc(-c2cc(O)ccc2C(=O)O)cc1. The van der Waals surface area contributed by atoms with Crippen molar-refractivity contribution in [1.82, 2.24) is 0 Å². The fraction of sp³-hybridized carbons (Fsp3) is 0.188. The van der Waals surface area contributed by atoms with Gasteiger partial charge in [0.2, 0.25) is 0 Å². The van der Waals surface area contributed by atoms with Crippen molar-refractivity contribution in [3.8, 4) is 22.6 Å². The first-order valence-electron chi connectivity index (χ1n) is 6.41. The van der Waals surface area contributed by atoms with Crippen molar-refractivity contribution in [2.45, 2.75) is 13.3 Å². The van der Waals surface area contributed by atoms with Crippen molar-refractivity contribution in [2.24, 2.45) is 0 Å². The van der Waals surface area contributed by atoms with E-state index in [1.54, 1.807) is 24.3 Å². The van der Waals surface area contributed by atoms with E-state index in [0.29, 0.717) is 12.2 Å². The fourth-order valence-corrected chi connectivity index (χ4v) is 1.91. The zero-order valence-corrected chi connectivity index (χ0v) is 11.2. The summed E-state index contributed by atoms with van der Waals surface area (Å²) in [6.07, 6.45) is 0.928. The van der Waals surface area contributed by atoms with Gasteiger partial charge < -0.3 is 14.9 Å². The molecular weight excluding hydrogens is 256 g/mol. The Morgan fingerprint density at radius 3 is 2.45 bits per heavy atom. The van der Waals surface area contributed by atoms with Crippen molar-refractivity contribution >= 4 is 5.97 Å². The minimum absolute atomic E-state index is 0.0382. The van der Waals surface area contributed by atoms with Gasteiger partial charge in [-0.2, -0.15) is 0 Å². The molecule has 2 aromatic carbocycles. The maximum atomic E-state index is 11.2. The van der Waals surface area contributed by atoms with Crippen LogP contribution in [0.1, 0.15) is 23.7 Å². The van der Waals surface area contributed by atoms with Crippen LogP contribution in [-0.4, -0.2) is 22.8 Å². The standard InChI is InChI=1S/C16H16O4/c1-2-9-20-13-6-3-11(4-7-13)15-10-12(17)5-8-14(15)16(18)19/h3-8,10,17H,2,9H2,1H3,(H,18,19). The molecule has 2 aromatic rings. The van der Waals surface area contributed by atoms with Gasteiger partial charge in [0, 0.05) is 0 Å². The summed E-state index contributed by atoms with van der Waals surface area (Å²) in [6, 6.07) is 11.4. The highest BCUT2D eigenvalue weighted by atomic mass is 16.5. The van der Waals surface area contributed by atoms with Crippen LogP contribution in [0.2, 0.25) is 0 Å². The van der Waals surface area contributed by atoms with Gasteiger partial charge in [0.05, 0.1) is 12.2 Å². The molecule has 0 aliphatic rings. The minimum Gasteiger partial charge on any atom is -0.508 e.